The van der Waals surface area contributed by atoms with Crippen molar-refractivity contribution in [1.82, 2.24) is 15.6 Å². The summed E-state index contributed by atoms with van der Waals surface area (Å²) in [4.78, 5) is 15.2. The SMILES string of the molecule is C=C(CCF)NC(=O)NCc1ccnc(OC(C)C(F)(F)F)c1. The number of aromatic nitrogens is 1. The molecule has 2 amide bonds. The Morgan fingerprint density at radius 3 is 2.78 bits per heavy atom. The van der Waals surface area contributed by atoms with E-state index in [0.29, 0.717) is 5.56 Å². The predicted molar refractivity (Wildman–Crippen MR) is 75.5 cm³/mol. The highest BCUT2D eigenvalue weighted by molar-refractivity contribution is 5.75. The van der Waals surface area contributed by atoms with Gasteiger partial charge in [-0.1, -0.05) is 6.58 Å². The number of rotatable bonds is 7. The second kappa shape index (κ2) is 8.35. The van der Waals surface area contributed by atoms with E-state index in [1.54, 1.807) is 0 Å². The molecule has 1 aromatic heterocycles. The highest BCUT2D eigenvalue weighted by atomic mass is 19.4. The van der Waals surface area contributed by atoms with Crippen LogP contribution >= 0.6 is 0 Å². The predicted octanol–water partition coefficient (Wildman–Crippen LogP) is 3.08. The van der Waals surface area contributed by atoms with E-state index in [4.69, 9.17) is 4.74 Å². The van der Waals surface area contributed by atoms with Crippen LogP contribution in [0.25, 0.3) is 0 Å². The van der Waals surface area contributed by atoms with E-state index in [-0.39, 0.29) is 24.5 Å². The van der Waals surface area contributed by atoms with Crippen LogP contribution < -0.4 is 15.4 Å². The molecule has 0 aliphatic carbocycles. The van der Waals surface area contributed by atoms with Gasteiger partial charge in [0.2, 0.25) is 5.88 Å². The summed E-state index contributed by atoms with van der Waals surface area (Å²) in [5, 5.41) is 4.80. The van der Waals surface area contributed by atoms with E-state index in [1.165, 1.54) is 18.3 Å². The topological polar surface area (TPSA) is 63.2 Å². The van der Waals surface area contributed by atoms with Crippen molar-refractivity contribution in [2.75, 3.05) is 6.67 Å². The van der Waals surface area contributed by atoms with E-state index in [2.05, 4.69) is 22.2 Å². The monoisotopic (exact) mass is 335 g/mol. The molecule has 1 atom stereocenters. The van der Waals surface area contributed by atoms with Gasteiger partial charge >= 0.3 is 12.2 Å². The molecule has 1 aromatic rings. The third-order valence-corrected chi connectivity index (χ3v) is 2.70. The third kappa shape index (κ3) is 6.98. The molecular weight excluding hydrogens is 318 g/mol. The maximum absolute atomic E-state index is 12.4. The minimum atomic E-state index is -4.49. The number of hydrogen-bond donors (Lipinski definition) is 2. The van der Waals surface area contributed by atoms with Gasteiger partial charge in [0.15, 0.2) is 6.10 Å². The maximum atomic E-state index is 12.4. The first-order valence-corrected chi connectivity index (χ1v) is 6.69. The fraction of sp³-hybridized carbons (Fsp3) is 0.429. The summed E-state index contributed by atoms with van der Waals surface area (Å²) < 4.78 is 54.0. The second-order valence-electron chi connectivity index (χ2n) is 4.65. The van der Waals surface area contributed by atoms with Crippen LogP contribution in [0.4, 0.5) is 22.4 Å². The number of amides is 2. The number of ether oxygens (including phenoxy) is 1. The van der Waals surface area contributed by atoms with Crippen LogP contribution in [0.15, 0.2) is 30.6 Å². The largest absolute Gasteiger partial charge is 0.465 e. The van der Waals surface area contributed by atoms with Crippen molar-refractivity contribution in [3.05, 3.63) is 36.2 Å². The summed E-state index contributed by atoms with van der Waals surface area (Å²) in [7, 11) is 0. The van der Waals surface area contributed by atoms with Gasteiger partial charge in [-0.05, 0) is 18.6 Å². The molecule has 1 unspecified atom stereocenters. The zero-order valence-electron chi connectivity index (χ0n) is 12.4. The van der Waals surface area contributed by atoms with E-state index < -0.39 is 25.0 Å². The standard InChI is InChI=1S/C14H17F4N3O2/c1-9(3-5-15)21-13(22)20-8-11-4-6-19-12(7-11)23-10(2)14(16,17)18/h4,6-7,10H,1,3,5,8H2,2H3,(H2,20,21,22). The van der Waals surface area contributed by atoms with Crippen molar-refractivity contribution in [2.45, 2.75) is 32.2 Å². The van der Waals surface area contributed by atoms with Gasteiger partial charge in [-0.2, -0.15) is 13.2 Å². The van der Waals surface area contributed by atoms with Crippen molar-refractivity contribution in [3.8, 4) is 5.88 Å². The van der Waals surface area contributed by atoms with Crippen LogP contribution in [0.2, 0.25) is 0 Å². The minimum absolute atomic E-state index is 0.00992. The molecule has 23 heavy (non-hydrogen) atoms. The Labute approximate surface area is 130 Å². The first-order chi connectivity index (χ1) is 10.7. The number of carbonyl (C=O) groups excluding carboxylic acids is 1. The van der Waals surface area contributed by atoms with Crippen molar-refractivity contribution in [3.63, 3.8) is 0 Å². The Hall–Kier alpha value is -2.32. The first-order valence-electron chi connectivity index (χ1n) is 6.69. The summed E-state index contributed by atoms with van der Waals surface area (Å²) in [6.45, 7) is 3.73. The van der Waals surface area contributed by atoms with Crippen LogP contribution in [-0.2, 0) is 6.54 Å². The fourth-order valence-corrected chi connectivity index (χ4v) is 1.44. The summed E-state index contributed by atoms with van der Waals surface area (Å²) in [5.41, 5.74) is 0.721. The zero-order chi connectivity index (χ0) is 17.5. The molecule has 0 aliphatic heterocycles. The van der Waals surface area contributed by atoms with Crippen LogP contribution in [0.1, 0.15) is 18.9 Å². The number of allylic oxidation sites excluding steroid dienone is 1. The van der Waals surface area contributed by atoms with E-state index in [0.717, 1.165) is 6.92 Å². The lowest BCUT2D eigenvalue weighted by Gasteiger charge is -2.17. The van der Waals surface area contributed by atoms with Crippen molar-refractivity contribution in [1.29, 1.82) is 0 Å². The number of urea groups is 1. The Balaban J connectivity index is 2.54. The molecule has 1 rings (SSSR count). The Kier molecular flexibility index (Phi) is 6.80. The highest BCUT2D eigenvalue weighted by Gasteiger charge is 2.38. The van der Waals surface area contributed by atoms with Gasteiger partial charge in [-0.15, -0.1) is 0 Å². The minimum Gasteiger partial charge on any atom is -0.465 e. The zero-order valence-corrected chi connectivity index (χ0v) is 12.4. The van der Waals surface area contributed by atoms with Gasteiger partial charge < -0.3 is 15.4 Å². The molecule has 0 bridgehead atoms. The van der Waals surface area contributed by atoms with Gasteiger partial charge in [0.05, 0.1) is 6.67 Å². The van der Waals surface area contributed by atoms with Gasteiger partial charge in [0.25, 0.3) is 0 Å². The average Bonchev–Trinajstić information content (AvgIpc) is 2.44. The summed E-state index contributed by atoms with van der Waals surface area (Å²) in [5.74, 6) is -0.198. The maximum Gasteiger partial charge on any atom is 0.425 e. The summed E-state index contributed by atoms with van der Waals surface area (Å²) >= 11 is 0. The lowest BCUT2D eigenvalue weighted by Crippen LogP contribution is -2.34. The van der Waals surface area contributed by atoms with Crippen LogP contribution in [0.5, 0.6) is 5.88 Å². The fourth-order valence-electron chi connectivity index (χ4n) is 1.44. The molecule has 0 saturated carbocycles. The molecule has 0 aromatic carbocycles. The second-order valence-corrected chi connectivity index (χ2v) is 4.65. The van der Waals surface area contributed by atoms with Crippen LogP contribution in [-0.4, -0.2) is 30.0 Å². The summed E-state index contributed by atoms with van der Waals surface area (Å²) in [6, 6.07) is 2.21. The molecule has 128 valence electrons. The van der Waals surface area contributed by atoms with Gasteiger partial charge in [0.1, 0.15) is 0 Å². The Morgan fingerprint density at radius 1 is 1.48 bits per heavy atom. The van der Waals surface area contributed by atoms with Gasteiger partial charge in [0, 0.05) is 30.9 Å². The molecule has 0 saturated heterocycles. The number of alkyl halides is 4. The number of nitrogens with zero attached hydrogens (tertiary/aromatic N) is 1. The van der Waals surface area contributed by atoms with Crippen LogP contribution in [0.3, 0.4) is 0 Å². The first kappa shape index (κ1) is 18.7. The van der Waals surface area contributed by atoms with Crippen LogP contribution in [0, 0.1) is 0 Å². The smallest absolute Gasteiger partial charge is 0.425 e. The number of hydrogen-bond acceptors (Lipinski definition) is 3. The lowest BCUT2D eigenvalue weighted by molar-refractivity contribution is -0.190. The molecule has 0 aliphatic rings. The number of nitrogens with one attached hydrogen (secondary N) is 2. The summed E-state index contributed by atoms with van der Waals surface area (Å²) in [6.07, 6.45) is -5.21. The number of halogens is 4. The molecule has 0 fully saturated rings. The van der Waals surface area contributed by atoms with Gasteiger partial charge in [-0.3, -0.25) is 4.39 Å². The van der Waals surface area contributed by atoms with Crippen molar-refractivity contribution < 1.29 is 27.1 Å². The molecular formula is C14H17F4N3O2. The lowest BCUT2D eigenvalue weighted by atomic mass is 10.2. The van der Waals surface area contributed by atoms with Crippen molar-refractivity contribution in [2.24, 2.45) is 0 Å². The number of carbonyl (C=O) groups is 1. The normalized spacial score (nSPS) is 12.4. The third-order valence-electron chi connectivity index (χ3n) is 2.70. The average molecular weight is 335 g/mol. The molecule has 0 spiro atoms. The molecule has 9 heteroatoms. The molecule has 0 radical (unpaired) electrons. The molecule has 1 heterocycles. The van der Waals surface area contributed by atoms with E-state index >= 15 is 0 Å². The van der Waals surface area contributed by atoms with Gasteiger partial charge in [-0.25, -0.2) is 9.78 Å². The number of pyridine rings is 1. The Bertz CT molecular complexity index is 549. The highest BCUT2D eigenvalue weighted by Crippen LogP contribution is 2.24. The van der Waals surface area contributed by atoms with E-state index in [1.807, 2.05) is 0 Å². The quantitative estimate of drug-likeness (QED) is 0.753. The van der Waals surface area contributed by atoms with E-state index in [9.17, 15) is 22.4 Å². The molecule has 5 nitrogen and oxygen atoms in total. The van der Waals surface area contributed by atoms with Crippen molar-refractivity contribution >= 4 is 6.03 Å². The Morgan fingerprint density at radius 2 is 2.17 bits per heavy atom. The molecule has 2 N–H and O–H groups in total.